The number of ether oxygens (including phenoxy) is 1. The minimum absolute atomic E-state index is 0.00838. The van der Waals surface area contributed by atoms with Gasteiger partial charge in [0, 0.05) is 13.1 Å². The van der Waals surface area contributed by atoms with Crippen LogP contribution >= 0.6 is 11.6 Å². The highest BCUT2D eigenvalue weighted by Crippen LogP contribution is 2.20. The van der Waals surface area contributed by atoms with Crippen molar-refractivity contribution in [2.45, 2.75) is 32.2 Å². The smallest absolute Gasteiger partial charge is 0.307 e. The van der Waals surface area contributed by atoms with E-state index in [1.54, 1.807) is 29.2 Å². The van der Waals surface area contributed by atoms with Crippen molar-refractivity contribution >= 4 is 35.1 Å². The number of anilines is 1. The van der Waals surface area contributed by atoms with Crippen molar-refractivity contribution < 1.29 is 19.1 Å². The Morgan fingerprint density at radius 3 is 2.88 bits per heavy atom. The molecule has 2 N–H and O–H groups in total. The molecule has 1 aromatic rings. The van der Waals surface area contributed by atoms with E-state index in [9.17, 15) is 14.4 Å². The van der Waals surface area contributed by atoms with Crippen molar-refractivity contribution in [1.82, 2.24) is 10.2 Å². The lowest BCUT2D eigenvalue weighted by Crippen LogP contribution is -2.57. The number of unbranched alkanes of at least 4 members (excludes halogenated alkanes) is 1. The van der Waals surface area contributed by atoms with Crippen LogP contribution in [0.5, 0.6) is 0 Å². The van der Waals surface area contributed by atoms with Gasteiger partial charge in [-0.25, -0.2) is 0 Å². The van der Waals surface area contributed by atoms with Gasteiger partial charge in [0.1, 0.15) is 6.04 Å². The number of nitrogens with zero attached hydrogens (tertiary/aromatic N) is 1. The molecule has 142 valence electrons. The van der Waals surface area contributed by atoms with Gasteiger partial charge in [-0.2, -0.15) is 0 Å². The van der Waals surface area contributed by atoms with Gasteiger partial charge >= 0.3 is 5.97 Å². The van der Waals surface area contributed by atoms with E-state index < -0.39 is 12.0 Å². The van der Waals surface area contributed by atoms with Crippen LogP contribution in [-0.2, 0) is 19.1 Å². The SMILES string of the molecule is CCCCOC(=O)CC1C(=O)NCCN1CC(=O)Nc1ccccc1Cl. The largest absolute Gasteiger partial charge is 0.466 e. The van der Waals surface area contributed by atoms with E-state index in [-0.39, 0.29) is 24.8 Å². The number of nitrogens with one attached hydrogen (secondary N) is 2. The number of amides is 2. The Labute approximate surface area is 158 Å². The molecule has 0 saturated carbocycles. The lowest BCUT2D eigenvalue weighted by atomic mass is 10.1. The molecule has 0 spiro atoms. The summed E-state index contributed by atoms with van der Waals surface area (Å²) in [6, 6.07) is 6.21. The van der Waals surface area contributed by atoms with Gasteiger partial charge in [-0.1, -0.05) is 37.1 Å². The molecule has 1 aliphatic rings. The van der Waals surface area contributed by atoms with Gasteiger partial charge in [0.15, 0.2) is 0 Å². The molecule has 2 amide bonds. The minimum Gasteiger partial charge on any atom is -0.466 e. The molecule has 1 aliphatic heterocycles. The molecule has 26 heavy (non-hydrogen) atoms. The summed E-state index contributed by atoms with van der Waals surface area (Å²) >= 11 is 6.04. The van der Waals surface area contributed by atoms with Crippen molar-refractivity contribution in [3.8, 4) is 0 Å². The normalized spacial score (nSPS) is 17.5. The number of esters is 1. The van der Waals surface area contributed by atoms with Crippen LogP contribution in [-0.4, -0.2) is 55.0 Å². The van der Waals surface area contributed by atoms with Crippen LogP contribution in [0, 0.1) is 0 Å². The molecule has 8 heteroatoms. The molecule has 7 nitrogen and oxygen atoms in total. The summed E-state index contributed by atoms with van der Waals surface area (Å²) < 4.78 is 5.13. The molecule has 1 fully saturated rings. The molecule has 1 heterocycles. The summed E-state index contributed by atoms with van der Waals surface area (Å²) in [6.45, 7) is 3.25. The molecule has 0 aliphatic carbocycles. The summed E-state index contributed by atoms with van der Waals surface area (Å²) in [7, 11) is 0. The first kappa shape index (κ1) is 20.2. The third-order valence-electron chi connectivity index (χ3n) is 4.06. The zero-order chi connectivity index (χ0) is 18.9. The standard InChI is InChI=1S/C18H24ClN3O4/c1-2-3-10-26-17(24)11-15-18(25)20-8-9-22(15)12-16(23)21-14-7-5-4-6-13(14)19/h4-7,15H,2-3,8-12H2,1H3,(H,20,25)(H,21,23). The van der Waals surface area contributed by atoms with Crippen LogP contribution in [0.3, 0.4) is 0 Å². The fraction of sp³-hybridized carbons (Fsp3) is 0.500. The number of halogens is 1. The maximum absolute atomic E-state index is 12.3. The highest BCUT2D eigenvalue weighted by Gasteiger charge is 2.33. The molecule has 1 aromatic carbocycles. The van der Waals surface area contributed by atoms with Gasteiger partial charge in [-0.3, -0.25) is 19.3 Å². The fourth-order valence-corrected chi connectivity index (χ4v) is 2.84. The molecule has 0 aromatic heterocycles. The second-order valence-electron chi connectivity index (χ2n) is 6.08. The first-order valence-corrected chi connectivity index (χ1v) is 9.10. The van der Waals surface area contributed by atoms with E-state index in [1.165, 1.54) is 0 Å². The quantitative estimate of drug-likeness (QED) is 0.529. The maximum atomic E-state index is 12.3. The predicted octanol–water partition coefficient (Wildman–Crippen LogP) is 1.81. The van der Waals surface area contributed by atoms with E-state index in [0.29, 0.717) is 30.4 Å². The Bertz CT molecular complexity index is 653. The Morgan fingerprint density at radius 2 is 2.15 bits per heavy atom. The number of hydrogen-bond donors (Lipinski definition) is 2. The van der Waals surface area contributed by atoms with Gasteiger partial charge in [0.2, 0.25) is 11.8 Å². The van der Waals surface area contributed by atoms with Crippen LogP contribution in [0.4, 0.5) is 5.69 Å². The average molecular weight is 382 g/mol. The second kappa shape index (κ2) is 10.1. The van der Waals surface area contributed by atoms with Gasteiger partial charge in [-0.05, 0) is 18.6 Å². The van der Waals surface area contributed by atoms with Crippen LogP contribution < -0.4 is 10.6 Å². The van der Waals surface area contributed by atoms with Gasteiger partial charge in [-0.15, -0.1) is 0 Å². The van der Waals surface area contributed by atoms with Crippen LogP contribution in [0.25, 0.3) is 0 Å². The molecule has 1 saturated heterocycles. The van der Waals surface area contributed by atoms with Crippen LogP contribution in [0.15, 0.2) is 24.3 Å². The number of rotatable bonds is 8. The number of carbonyl (C=O) groups excluding carboxylic acids is 3. The second-order valence-corrected chi connectivity index (χ2v) is 6.49. The van der Waals surface area contributed by atoms with E-state index in [1.807, 2.05) is 6.92 Å². The maximum Gasteiger partial charge on any atom is 0.307 e. The Hall–Kier alpha value is -2.12. The zero-order valence-electron chi connectivity index (χ0n) is 14.8. The first-order chi connectivity index (χ1) is 12.5. The third-order valence-corrected chi connectivity index (χ3v) is 4.39. The Kier molecular flexibility index (Phi) is 7.87. The number of carbonyl (C=O) groups is 3. The van der Waals surface area contributed by atoms with E-state index >= 15 is 0 Å². The van der Waals surface area contributed by atoms with E-state index in [4.69, 9.17) is 16.3 Å². The topological polar surface area (TPSA) is 87.7 Å². The zero-order valence-corrected chi connectivity index (χ0v) is 15.6. The summed E-state index contributed by atoms with van der Waals surface area (Å²) in [6.07, 6.45) is 1.63. The predicted molar refractivity (Wildman–Crippen MR) is 98.9 cm³/mol. The molecule has 2 rings (SSSR count). The fourth-order valence-electron chi connectivity index (χ4n) is 2.66. The molecule has 0 bridgehead atoms. The van der Waals surface area contributed by atoms with Gasteiger partial charge < -0.3 is 15.4 Å². The molecular formula is C18H24ClN3O4. The van der Waals surface area contributed by atoms with Gasteiger partial charge in [0.25, 0.3) is 0 Å². The van der Waals surface area contributed by atoms with Crippen LogP contribution in [0.1, 0.15) is 26.2 Å². The summed E-state index contributed by atoms with van der Waals surface area (Å²) in [5.74, 6) is -0.997. The number of hydrogen-bond acceptors (Lipinski definition) is 5. The molecule has 1 atom stereocenters. The third kappa shape index (κ3) is 6.00. The summed E-state index contributed by atoms with van der Waals surface area (Å²) in [5.41, 5.74) is 0.510. The van der Waals surface area contributed by atoms with E-state index in [2.05, 4.69) is 10.6 Å². The van der Waals surface area contributed by atoms with Crippen molar-refractivity contribution in [3.63, 3.8) is 0 Å². The van der Waals surface area contributed by atoms with Crippen LogP contribution in [0.2, 0.25) is 5.02 Å². The van der Waals surface area contributed by atoms with Crippen molar-refractivity contribution in [3.05, 3.63) is 29.3 Å². The van der Waals surface area contributed by atoms with Crippen molar-refractivity contribution in [2.24, 2.45) is 0 Å². The summed E-state index contributed by atoms with van der Waals surface area (Å²) in [5, 5.41) is 5.89. The van der Waals surface area contributed by atoms with E-state index in [0.717, 1.165) is 12.8 Å². The highest BCUT2D eigenvalue weighted by molar-refractivity contribution is 6.33. The lowest BCUT2D eigenvalue weighted by Gasteiger charge is -2.33. The van der Waals surface area contributed by atoms with Crippen molar-refractivity contribution in [2.75, 3.05) is 31.6 Å². The van der Waals surface area contributed by atoms with Gasteiger partial charge in [0.05, 0.1) is 30.3 Å². The number of para-hydroxylation sites is 1. The number of piperazine rings is 1. The number of benzene rings is 1. The highest BCUT2D eigenvalue weighted by atomic mass is 35.5. The molecule has 0 radical (unpaired) electrons. The lowest BCUT2D eigenvalue weighted by molar-refractivity contribution is -0.149. The van der Waals surface area contributed by atoms with Crippen molar-refractivity contribution in [1.29, 1.82) is 0 Å². The first-order valence-electron chi connectivity index (χ1n) is 8.73. The Balaban J connectivity index is 1.94. The monoisotopic (exact) mass is 381 g/mol. The minimum atomic E-state index is -0.713. The molecular weight excluding hydrogens is 358 g/mol. The average Bonchev–Trinajstić information content (AvgIpc) is 2.60. The Morgan fingerprint density at radius 1 is 1.38 bits per heavy atom. The molecule has 1 unspecified atom stereocenters. The summed E-state index contributed by atoms with van der Waals surface area (Å²) in [4.78, 5) is 38.1.